The van der Waals surface area contributed by atoms with Crippen molar-refractivity contribution in [1.82, 2.24) is 5.32 Å². The van der Waals surface area contributed by atoms with E-state index in [0.717, 1.165) is 11.1 Å². The van der Waals surface area contributed by atoms with Crippen LogP contribution in [0.2, 0.25) is 5.02 Å². The molecule has 3 aromatic carbocycles. The summed E-state index contributed by atoms with van der Waals surface area (Å²) < 4.78 is 0. The topological polar surface area (TPSA) is 70.6 Å². The van der Waals surface area contributed by atoms with Crippen LogP contribution in [0.3, 0.4) is 0 Å². The Bertz CT molecular complexity index is 1060. The van der Waals surface area contributed by atoms with E-state index in [2.05, 4.69) is 15.6 Å². The first kappa shape index (κ1) is 17.9. The third-order valence-corrected chi connectivity index (χ3v) is 4.62. The smallest absolute Gasteiger partial charge is 0.269 e. The number of hydrogen-bond acceptors (Lipinski definition) is 3. The highest BCUT2D eigenvalue weighted by Crippen LogP contribution is 2.23. The summed E-state index contributed by atoms with van der Waals surface area (Å²) in [5.74, 6) is -0.806. The predicted molar refractivity (Wildman–Crippen MR) is 110 cm³/mol. The number of benzene rings is 3. The first-order valence-electron chi connectivity index (χ1n) is 8.72. The minimum Gasteiger partial charge on any atom is -0.322 e. The van der Waals surface area contributed by atoms with Crippen molar-refractivity contribution in [2.75, 3.05) is 5.32 Å². The van der Waals surface area contributed by atoms with Gasteiger partial charge in [0.05, 0.1) is 11.4 Å². The summed E-state index contributed by atoms with van der Waals surface area (Å²) in [7, 11) is 0. The zero-order chi connectivity index (χ0) is 19.5. The van der Waals surface area contributed by atoms with Crippen molar-refractivity contribution in [1.29, 1.82) is 0 Å². The molecule has 1 heterocycles. The van der Waals surface area contributed by atoms with Crippen LogP contribution in [0.5, 0.6) is 0 Å². The van der Waals surface area contributed by atoms with Gasteiger partial charge in [-0.2, -0.15) is 0 Å². The summed E-state index contributed by atoms with van der Waals surface area (Å²) in [6.07, 6.45) is -1.06. The first-order chi connectivity index (χ1) is 13.6. The molecule has 3 aromatic rings. The number of nitrogens with zero attached hydrogens (tertiary/aromatic N) is 1. The number of carbonyl (C=O) groups excluding carboxylic acids is 2. The van der Waals surface area contributed by atoms with E-state index in [1.807, 2.05) is 54.6 Å². The zero-order valence-electron chi connectivity index (χ0n) is 14.7. The quantitative estimate of drug-likeness (QED) is 0.713. The lowest BCUT2D eigenvalue weighted by atomic mass is 10.0. The van der Waals surface area contributed by atoms with Crippen molar-refractivity contribution in [2.24, 2.45) is 4.99 Å². The Hall–Kier alpha value is -3.44. The van der Waals surface area contributed by atoms with Gasteiger partial charge in [0.2, 0.25) is 6.17 Å². The van der Waals surface area contributed by atoms with Crippen LogP contribution in [-0.2, 0) is 4.79 Å². The second kappa shape index (κ2) is 7.66. The number of fused-ring (bicyclic) bond motifs is 1. The van der Waals surface area contributed by atoms with Gasteiger partial charge in [-0.3, -0.25) is 9.59 Å². The van der Waals surface area contributed by atoms with Crippen molar-refractivity contribution >= 4 is 34.8 Å². The van der Waals surface area contributed by atoms with Crippen LogP contribution in [-0.4, -0.2) is 23.7 Å². The molecule has 0 saturated heterocycles. The minimum atomic E-state index is -1.06. The summed E-state index contributed by atoms with van der Waals surface area (Å²) in [6.45, 7) is 0. The maximum absolute atomic E-state index is 12.7. The van der Waals surface area contributed by atoms with Crippen molar-refractivity contribution in [3.8, 4) is 0 Å². The molecule has 1 aliphatic rings. The van der Waals surface area contributed by atoms with Gasteiger partial charge >= 0.3 is 0 Å². The van der Waals surface area contributed by atoms with E-state index in [1.165, 1.54) is 0 Å². The zero-order valence-corrected chi connectivity index (χ0v) is 15.5. The molecule has 0 fully saturated rings. The molecule has 138 valence electrons. The SMILES string of the molecule is O=C(N[C@H]1N=C(c2ccccc2)c2ccccc2NC1=O)c1ccc(Cl)cc1. The van der Waals surface area contributed by atoms with Gasteiger partial charge in [-0.05, 0) is 30.3 Å². The van der Waals surface area contributed by atoms with E-state index in [4.69, 9.17) is 11.6 Å². The van der Waals surface area contributed by atoms with Crippen molar-refractivity contribution in [3.05, 3.63) is 101 Å². The molecule has 5 nitrogen and oxygen atoms in total. The van der Waals surface area contributed by atoms with Gasteiger partial charge in [0.25, 0.3) is 11.8 Å². The highest BCUT2D eigenvalue weighted by atomic mass is 35.5. The summed E-state index contributed by atoms with van der Waals surface area (Å²) in [4.78, 5) is 29.9. The highest BCUT2D eigenvalue weighted by molar-refractivity contribution is 6.30. The molecule has 2 N–H and O–H groups in total. The molecular formula is C22H16ClN3O2. The summed E-state index contributed by atoms with van der Waals surface area (Å²) in [6, 6.07) is 23.4. The second-order valence-electron chi connectivity index (χ2n) is 6.26. The van der Waals surface area contributed by atoms with Gasteiger partial charge in [0, 0.05) is 21.7 Å². The summed E-state index contributed by atoms with van der Waals surface area (Å²) >= 11 is 5.87. The number of hydrogen-bond donors (Lipinski definition) is 2. The van der Waals surface area contributed by atoms with Crippen LogP contribution in [0.1, 0.15) is 21.5 Å². The van der Waals surface area contributed by atoms with Crippen molar-refractivity contribution < 1.29 is 9.59 Å². The largest absolute Gasteiger partial charge is 0.322 e. The normalized spacial score (nSPS) is 15.7. The molecule has 1 aliphatic heterocycles. The van der Waals surface area contributed by atoms with E-state index in [9.17, 15) is 9.59 Å². The lowest BCUT2D eigenvalue weighted by Gasteiger charge is -2.13. The number of carbonyl (C=O) groups is 2. The van der Waals surface area contributed by atoms with E-state index in [0.29, 0.717) is 22.0 Å². The molecule has 1 atom stereocenters. The van der Waals surface area contributed by atoms with Gasteiger partial charge in [0.15, 0.2) is 0 Å². The van der Waals surface area contributed by atoms with Crippen molar-refractivity contribution in [2.45, 2.75) is 6.17 Å². The van der Waals surface area contributed by atoms with E-state index >= 15 is 0 Å². The fourth-order valence-electron chi connectivity index (χ4n) is 2.99. The van der Waals surface area contributed by atoms with E-state index in [-0.39, 0.29) is 0 Å². The third-order valence-electron chi connectivity index (χ3n) is 4.37. The Morgan fingerprint density at radius 1 is 0.929 bits per heavy atom. The number of halogens is 1. The fraction of sp³-hybridized carbons (Fsp3) is 0.0455. The molecule has 0 bridgehead atoms. The fourth-order valence-corrected chi connectivity index (χ4v) is 3.12. The number of amides is 2. The minimum absolute atomic E-state index is 0.399. The van der Waals surface area contributed by atoms with E-state index in [1.54, 1.807) is 24.3 Å². The van der Waals surface area contributed by atoms with Crippen LogP contribution in [0.4, 0.5) is 5.69 Å². The van der Waals surface area contributed by atoms with Crippen LogP contribution < -0.4 is 10.6 Å². The first-order valence-corrected chi connectivity index (χ1v) is 9.09. The molecule has 0 aliphatic carbocycles. The van der Waals surface area contributed by atoms with Crippen molar-refractivity contribution in [3.63, 3.8) is 0 Å². The predicted octanol–water partition coefficient (Wildman–Crippen LogP) is 3.89. The molecule has 2 amide bonds. The number of benzodiazepines with no additional fused rings is 1. The lowest BCUT2D eigenvalue weighted by Crippen LogP contribution is -2.42. The Morgan fingerprint density at radius 3 is 2.36 bits per heavy atom. The van der Waals surface area contributed by atoms with Gasteiger partial charge in [0.1, 0.15) is 0 Å². The maximum atomic E-state index is 12.7. The molecule has 0 spiro atoms. The molecular weight excluding hydrogens is 374 g/mol. The molecule has 0 radical (unpaired) electrons. The molecule has 4 rings (SSSR count). The number of anilines is 1. The van der Waals surface area contributed by atoms with Gasteiger partial charge < -0.3 is 10.6 Å². The Kier molecular flexibility index (Phi) is 4.91. The monoisotopic (exact) mass is 389 g/mol. The Morgan fingerprint density at radius 2 is 1.61 bits per heavy atom. The molecule has 0 saturated carbocycles. The average Bonchev–Trinajstić information content (AvgIpc) is 2.86. The molecule has 6 heteroatoms. The standard InChI is InChI=1S/C22H16ClN3O2/c23-16-12-10-15(11-13-16)21(27)26-20-22(28)24-18-9-5-4-8-17(18)19(25-20)14-6-2-1-3-7-14/h1-13,20H,(H,24,28)(H,26,27)/t20-/m1/s1. The summed E-state index contributed by atoms with van der Waals surface area (Å²) in [5.41, 5.74) is 3.34. The number of para-hydroxylation sites is 1. The Balaban J connectivity index is 1.72. The highest BCUT2D eigenvalue weighted by Gasteiger charge is 2.27. The van der Waals surface area contributed by atoms with Crippen LogP contribution in [0.25, 0.3) is 0 Å². The lowest BCUT2D eigenvalue weighted by molar-refractivity contribution is -0.117. The van der Waals surface area contributed by atoms with Crippen LogP contribution in [0.15, 0.2) is 83.9 Å². The van der Waals surface area contributed by atoms with Crippen LogP contribution >= 0.6 is 11.6 Å². The number of rotatable bonds is 3. The molecule has 0 aromatic heterocycles. The number of nitrogens with one attached hydrogen (secondary N) is 2. The summed E-state index contributed by atoms with van der Waals surface area (Å²) in [5, 5.41) is 6.08. The number of aliphatic imine (C=N–C) groups is 1. The molecule has 0 unspecified atom stereocenters. The van der Waals surface area contributed by atoms with Crippen LogP contribution in [0, 0.1) is 0 Å². The average molecular weight is 390 g/mol. The van der Waals surface area contributed by atoms with Gasteiger partial charge in [-0.25, -0.2) is 4.99 Å². The third kappa shape index (κ3) is 3.66. The Labute approximate surface area is 167 Å². The van der Waals surface area contributed by atoms with Gasteiger partial charge in [-0.1, -0.05) is 60.1 Å². The van der Waals surface area contributed by atoms with Gasteiger partial charge in [-0.15, -0.1) is 0 Å². The molecule has 28 heavy (non-hydrogen) atoms. The second-order valence-corrected chi connectivity index (χ2v) is 6.70. The van der Waals surface area contributed by atoms with E-state index < -0.39 is 18.0 Å². The maximum Gasteiger partial charge on any atom is 0.269 e.